The maximum Gasteiger partial charge on any atom is 0.191 e. The summed E-state index contributed by atoms with van der Waals surface area (Å²) in [5.74, 6) is 1.69. The fourth-order valence-electron chi connectivity index (χ4n) is 1.60. The van der Waals surface area contributed by atoms with E-state index in [9.17, 15) is 0 Å². The SMILES string of the molecule is CN=C(NCC(C)Oc1ccccc1)NCC(C)(C)SC. The van der Waals surface area contributed by atoms with Crippen molar-refractivity contribution < 1.29 is 4.74 Å². The third kappa shape index (κ3) is 7.27. The van der Waals surface area contributed by atoms with Crippen LogP contribution in [0.3, 0.4) is 0 Å². The molecule has 0 saturated heterocycles. The number of hydrogen-bond acceptors (Lipinski definition) is 3. The lowest BCUT2D eigenvalue weighted by Crippen LogP contribution is -2.45. The van der Waals surface area contributed by atoms with Crippen LogP contribution >= 0.6 is 11.8 Å². The first-order valence-electron chi connectivity index (χ1n) is 7.18. The number of para-hydroxylation sites is 1. The minimum Gasteiger partial charge on any atom is -0.489 e. The van der Waals surface area contributed by atoms with E-state index in [1.807, 2.05) is 49.0 Å². The molecule has 0 amide bonds. The van der Waals surface area contributed by atoms with E-state index >= 15 is 0 Å². The summed E-state index contributed by atoms with van der Waals surface area (Å²) in [6.07, 6.45) is 2.19. The zero-order chi connectivity index (χ0) is 15.7. The quantitative estimate of drug-likeness (QED) is 0.600. The summed E-state index contributed by atoms with van der Waals surface area (Å²) < 4.78 is 6.01. The molecule has 0 aliphatic carbocycles. The number of thioether (sulfide) groups is 1. The molecule has 0 bridgehead atoms. The van der Waals surface area contributed by atoms with Crippen LogP contribution in [-0.4, -0.2) is 43.2 Å². The van der Waals surface area contributed by atoms with E-state index in [4.69, 9.17) is 4.74 Å². The van der Waals surface area contributed by atoms with Crippen LogP contribution in [-0.2, 0) is 0 Å². The highest BCUT2D eigenvalue weighted by atomic mass is 32.2. The van der Waals surface area contributed by atoms with Crippen molar-refractivity contribution in [2.24, 2.45) is 4.99 Å². The molecule has 1 aromatic carbocycles. The number of guanidine groups is 1. The number of ether oxygens (including phenoxy) is 1. The average molecular weight is 309 g/mol. The smallest absolute Gasteiger partial charge is 0.191 e. The Bertz CT molecular complexity index is 434. The summed E-state index contributed by atoms with van der Waals surface area (Å²) in [5.41, 5.74) is 0. The standard InChI is InChI=1S/C16H27N3OS/c1-13(20-14-9-7-6-8-10-14)11-18-15(17-4)19-12-16(2,3)21-5/h6-10,13H,11-12H2,1-5H3,(H2,17,18,19). The second-order valence-corrected chi connectivity index (χ2v) is 7.03. The van der Waals surface area contributed by atoms with Gasteiger partial charge in [-0.3, -0.25) is 4.99 Å². The zero-order valence-corrected chi connectivity index (χ0v) is 14.5. The van der Waals surface area contributed by atoms with Crippen molar-refractivity contribution >= 4 is 17.7 Å². The molecule has 0 radical (unpaired) electrons. The second kappa shape index (κ2) is 8.82. The minimum atomic E-state index is 0.0690. The van der Waals surface area contributed by atoms with Gasteiger partial charge in [0.1, 0.15) is 11.9 Å². The molecule has 0 aliphatic heterocycles. The minimum absolute atomic E-state index is 0.0690. The van der Waals surface area contributed by atoms with E-state index in [1.165, 1.54) is 0 Å². The van der Waals surface area contributed by atoms with Gasteiger partial charge in [0.25, 0.3) is 0 Å². The van der Waals surface area contributed by atoms with Gasteiger partial charge in [-0.1, -0.05) is 18.2 Å². The molecule has 0 fully saturated rings. The molecule has 1 atom stereocenters. The molecule has 0 spiro atoms. The topological polar surface area (TPSA) is 45.7 Å². The number of hydrogen-bond donors (Lipinski definition) is 2. The number of benzene rings is 1. The first-order valence-corrected chi connectivity index (χ1v) is 8.40. The maximum atomic E-state index is 5.83. The van der Waals surface area contributed by atoms with Crippen LogP contribution in [0.25, 0.3) is 0 Å². The molecule has 118 valence electrons. The predicted molar refractivity (Wildman–Crippen MR) is 93.5 cm³/mol. The van der Waals surface area contributed by atoms with Crippen molar-refractivity contribution in [3.05, 3.63) is 30.3 Å². The predicted octanol–water partition coefficient (Wildman–Crippen LogP) is 2.76. The van der Waals surface area contributed by atoms with Crippen LogP contribution in [0.2, 0.25) is 0 Å². The van der Waals surface area contributed by atoms with Gasteiger partial charge in [0, 0.05) is 18.3 Å². The molecule has 21 heavy (non-hydrogen) atoms. The van der Waals surface area contributed by atoms with Gasteiger partial charge in [0.2, 0.25) is 0 Å². The van der Waals surface area contributed by atoms with Gasteiger partial charge in [-0.05, 0) is 39.2 Å². The fraction of sp³-hybridized carbons (Fsp3) is 0.562. The Hall–Kier alpha value is -1.36. The van der Waals surface area contributed by atoms with E-state index in [0.29, 0.717) is 6.54 Å². The van der Waals surface area contributed by atoms with Gasteiger partial charge in [0.15, 0.2) is 5.96 Å². The largest absolute Gasteiger partial charge is 0.489 e. The van der Waals surface area contributed by atoms with Crippen LogP contribution < -0.4 is 15.4 Å². The Morgan fingerprint density at radius 3 is 2.52 bits per heavy atom. The first kappa shape index (κ1) is 17.7. The van der Waals surface area contributed by atoms with Crippen molar-refractivity contribution in [1.82, 2.24) is 10.6 Å². The number of nitrogens with zero attached hydrogens (tertiary/aromatic N) is 1. The Morgan fingerprint density at radius 1 is 1.29 bits per heavy atom. The molecule has 2 N–H and O–H groups in total. The molecule has 0 aromatic heterocycles. The van der Waals surface area contributed by atoms with Gasteiger partial charge < -0.3 is 15.4 Å². The number of rotatable bonds is 7. The molecule has 1 unspecified atom stereocenters. The van der Waals surface area contributed by atoms with Crippen molar-refractivity contribution in [1.29, 1.82) is 0 Å². The molecule has 1 rings (SSSR count). The Labute approximate surface area is 132 Å². The van der Waals surface area contributed by atoms with E-state index in [-0.39, 0.29) is 10.9 Å². The van der Waals surface area contributed by atoms with Crippen LogP contribution in [0.5, 0.6) is 5.75 Å². The van der Waals surface area contributed by atoms with E-state index in [0.717, 1.165) is 18.3 Å². The van der Waals surface area contributed by atoms with Gasteiger partial charge >= 0.3 is 0 Å². The molecule has 0 saturated carbocycles. The van der Waals surface area contributed by atoms with Crippen molar-refractivity contribution in [2.45, 2.75) is 31.6 Å². The van der Waals surface area contributed by atoms with Gasteiger partial charge in [-0.15, -0.1) is 0 Å². The number of aliphatic imine (C=N–C) groups is 1. The highest BCUT2D eigenvalue weighted by Crippen LogP contribution is 2.19. The fourth-order valence-corrected chi connectivity index (χ4v) is 1.82. The highest BCUT2D eigenvalue weighted by Gasteiger charge is 2.16. The summed E-state index contributed by atoms with van der Waals surface area (Å²) in [6.45, 7) is 8.02. The summed E-state index contributed by atoms with van der Waals surface area (Å²) in [6, 6.07) is 9.85. The Kier molecular flexibility index (Phi) is 7.43. The van der Waals surface area contributed by atoms with Crippen molar-refractivity contribution in [2.75, 3.05) is 26.4 Å². The molecule has 0 aliphatic rings. The lowest BCUT2D eigenvalue weighted by molar-refractivity contribution is 0.224. The van der Waals surface area contributed by atoms with Crippen LogP contribution in [0.1, 0.15) is 20.8 Å². The van der Waals surface area contributed by atoms with Gasteiger partial charge in [-0.25, -0.2) is 0 Å². The lowest BCUT2D eigenvalue weighted by atomic mass is 10.2. The molecular weight excluding hydrogens is 282 g/mol. The molecule has 1 aromatic rings. The summed E-state index contributed by atoms with van der Waals surface area (Å²) in [7, 11) is 1.78. The molecular formula is C16H27N3OS. The third-order valence-electron chi connectivity index (χ3n) is 3.10. The molecule has 4 nitrogen and oxygen atoms in total. The van der Waals surface area contributed by atoms with E-state index in [2.05, 4.69) is 35.7 Å². The zero-order valence-electron chi connectivity index (χ0n) is 13.6. The van der Waals surface area contributed by atoms with Crippen molar-refractivity contribution in [3.8, 4) is 5.75 Å². The summed E-state index contributed by atoms with van der Waals surface area (Å²) >= 11 is 1.84. The Morgan fingerprint density at radius 2 is 1.95 bits per heavy atom. The van der Waals surface area contributed by atoms with Crippen LogP contribution in [0.15, 0.2) is 35.3 Å². The van der Waals surface area contributed by atoms with Crippen LogP contribution in [0, 0.1) is 0 Å². The lowest BCUT2D eigenvalue weighted by Gasteiger charge is -2.24. The van der Waals surface area contributed by atoms with Gasteiger partial charge in [0.05, 0.1) is 6.54 Å². The normalized spacial score (nSPS) is 13.7. The van der Waals surface area contributed by atoms with Gasteiger partial charge in [-0.2, -0.15) is 11.8 Å². The maximum absolute atomic E-state index is 5.83. The van der Waals surface area contributed by atoms with Crippen molar-refractivity contribution in [3.63, 3.8) is 0 Å². The molecule has 0 heterocycles. The van der Waals surface area contributed by atoms with Crippen LogP contribution in [0.4, 0.5) is 0 Å². The highest BCUT2D eigenvalue weighted by molar-refractivity contribution is 7.99. The van der Waals surface area contributed by atoms with E-state index < -0.39 is 0 Å². The second-order valence-electron chi connectivity index (χ2n) is 5.51. The summed E-state index contributed by atoms with van der Waals surface area (Å²) in [5, 5.41) is 6.63. The summed E-state index contributed by atoms with van der Waals surface area (Å²) in [4.78, 5) is 4.23. The number of nitrogens with one attached hydrogen (secondary N) is 2. The Balaban J connectivity index is 2.35. The average Bonchev–Trinajstić information content (AvgIpc) is 2.48. The first-order chi connectivity index (χ1) is 9.96. The monoisotopic (exact) mass is 309 g/mol. The van der Waals surface area contributed by atoms with E-state index in [1.54, 1.807) is 7.05 Å². The molecule has 5 heteroatoms. The third-order valence-corrected chi connectivity index (χ3v) is 4.34.